The molecular weight excluding hydrogens is 144 g/mol. The Kier molecular flexibility index (Phi) is 2.41. The van der Waals surface area contributed by atoms with Crippen molar-refractivity contribution < 1.29 is 14.2 Å². The van der Waals surface area contributed by atoms with Crippen LogP contribution >= 0.6 is 0 Å². The summed E-state index contributed by atoms with van der Waals surface area (Å²) in [5.41, 5.74) is 0. The van der Waals surface area contributed by atoms with Gasteiger partial charge in [0.1, 0.15) is 6.10 Å². The standard InChI is InChI=1S/C8H14O3/c1-2-7(10-3-1)4-9-5-8-6-11-8/h7-8H,1-6H2/t7-,8-/m1/s1. The number of hydrogen-bond acceptors (Lipinski definition) is 3. The average Bonchev–Trinajstić information content (AvgIpc) is 2.66. The Hall–Kier alpha value is -0.120. The monoisotopic (exact) mass is 158 g/mol. The molecule has 11 heavy (non-hydrogen) atoms. The third-order valence-electron chi connectivity index (χ3n) is 2.03. The Morgan fingerprint density at radius 1 is 1.18 bits per heavy atom. The van der Waals surface area contributed by atoms with E-state index >= 15 is 0 Å². The highest BCUT2D eigenvalue weighted by Crippen LogP contribution is 2.13. The van der Waals surface area contributed by atoms with Crippen molar-refractivity contribution in [1.29, 1.82) is 0 Å². The molecule has 0 aromatic heterocycles. The Bertz CT molecular complexity index is 117. The van der Waals surface area contributed by atoms with Crippen LogP contribution in [0.1, 0.15) is 12.8 Å². The fraction of sp³-hybridized carbons (Fsp3) is 1.00. The van der Waals surface area contributed by atoms with Crippen LogP contribution in [0, 0.1) is 0 Å². The van der Waals surface area contributed by atoms with E-state index in [1.807, 2.05) is 0 Å². The van der Waals surface area contributed by atoms with E-state index in [4.69, 9.17) is 14.2 Å². The minimum Gasteiger partial charge on any atom is -0.376 e. The number of epoxide rings is 1. The maximum absolute atomic E-state index is 5.39. The fourth-order valence-corrected chi connectivity index (χ4v) is 1.27. The van der Waals surface area contributed by atoms with Crippen molar-refractivity contribution in [3.8, 4) is 0 Å². The Labute approximate surface area is 66.6 Å². The minimum atomic E-state index is 0.355. The van der Waals surface area contributed by atoms with Crippen molar-refractivity contribution >= 4 is 0 Å². The Morgan fingerprint density at radius 2 is 2.00 bits per heavy atom. The van der Waals surface area contributed by atoms with E-state index in [9.17, 15) is 0 Å². The maximum atomic E-state index is 5.39. The molecule has 2 heterocycles. The largest absolute Gasteiger partial charge is 0.376 e. The first kappa shape index (κ1) is 7.53. The molecule has 0 amide bonds. The van der Waals surface area contributed by atoms with Gasteiger partial charge < -0.3 is 14.2 Å². The molecule has 0 spiro atoms. The molecular formula is C8H14O3. The van der Waals surface area contributed by atoms with Gasteiger partial charge in [0.05, 0.1) is 25.9 Å². The zero-order chi connectivity index (χ0) is 7.52. The van der Waals surface area contributed by atoms with Crippen molar-refractivity contribution in [2.75, 3.05) is 26.4 Å². The zero-order valence-corrected chi connectivity index (χ0v) is 6.62. The molecule has 0 aliphatic carbocycles. The van der Waals surface area contributed by atoms with Gasteiger partial charge in [0.25, 0.3) is 0 Å². The van der Waals surface area contributed by atoms with E-state index in [0.29, 0.717) is 12.2 Å². The van der Waals surface area contributed by atoms with Gasteiger partial charge in [0.15, 0.2) is 0 Å². The summed E-state index contributed by atoms with van der Waals surface area (Å²) in [6.07, 6.45) is 3.09. The number of hydrogen-bond donors (Lipinski definition) is 0. The van der Waals surface area contributed by atoms with Gasteiger partial charge in [-0.25, -0.2) is 0 Å². The van der Waals surface area contributed by atoms with E-state index in [0.717, 1.165) is 32.8 Å². The first-order valence-electron chi connectivity index (χ1n) is 4.26. The highest BCUT2D eigenvalue weighted by atomic mass is 16.6. The molecule has 0 radical (unpaired) electrons. The predicted octanol–water partition coefficient (Wildman–Crippen LogP) is 0.581. The summed E-state index contributed by atoms with van der Waals surface area (Å²) in [5, 5.41) is 0. The summed E-state index contributed by atoms with van der Waals surface area (Å²) in [4.78, 5) is 0. The van der Waals surface area contributed by atoms with Crippen molar-refractivity contribution in [2.24, 2.45) is 0 Å². The molecule has 2 aliphatic rings. The topological polar surface area (TPSA) is 31.0 Å². The van der Waals surface area contributed by atoms with Gasteiger partial charge in [-0.1, -0.05) is 0 Å². The number of rotatable bonds is 4. The van der Waals surface area contributed by atoms with Gasteiger partial charge in [-0.15, -0.1) is 0 Å². The van der Waals surface area contributed by atoms with Crippen molar-refractivity contribution in [2.45, 2.75) is 25.0 Å². The lowest BCUT2D eigenvalue weighted by atomic mass is 10.2. The van der Waals surface area contributed by atoms with Crippen LogP contribution in [0.25, 0.3) is 0 Å². The van der Waals surface area contributed by atoms with Crippen LogP contribution in [0.4, 0.5) is 0 Å². The smallest absolute Gasteiger partial charge is 0.104 e. The van der Waals surface area contributed by atoms with Gasteiger partial charge in [-0.3, -0.25) is 0 Å². The maximum Gasteiger partial charge on any atom is 0.104 e. The SMILES string of the molecule is C1CO[C@@H](COC[C@@H]2CO2)C1. The normalized spacial score (nSPS) is 36.0. The van der Waals surface area contributed by atoms with E-state index in [2.05, 4.69) is 0 Å². The van der Waals surface area contributed by atoms with E-state index in [1.165, 1.54) is 6.42 Å². The second kappa shape index (κ2) is 3.52. The molecule has 2 aliphatic heterocycles. The lowest BCUT2D eigenvalue weighted by molar-refractivity contribution is 0.0126. The Morgan fingerprint density at radius 3 is 2.64 bits per heavy atom. The van der Waals surface area contributed by atoms with E-state index in [-0.39, 0.29) is 0 Å². The second-order valence-electron chi connectivity index (χ2n) is 3.13. The molecule has 0 saturated carbocycles. The summed E-state index contributed by atoms with van der Waals surface area (Å²) < 4.78 is 15.8. The van der Waals surface area contributed by atoms with Crippen molar-refractivity contribution in [3.63, 3.8) is 0 Å². The van der Waals surface area contributed by atoms with E-state index in [1.54, 1.807) is 0 Å². The fourth-order valence-electron chi connectivity index (χ4n) is 1.27. The summed E-state index contributed by atoms with van der Waals surface area (Å²) in [5.74, 6) is 0. The van der Waals surface area contributed by atoms with Gasteiger partial charge in [0, 0.05) is 6.61 Å². The van der Waals surface area contributed by atoms with Gasteiger partial charge >= 0.3 is 0 Å². The quantitative estimate of drug-likeness (QED) is 0.561. The van der Waals surface area contributed by atoms with Crippen LogP contribution in [-0.4, -0.2) is 38.6 Å². The number of ether oxygens (including phenoxy) is 3. The average molecular weight is 158 g/mol. The van der Waals surface area contributed by atoms with Crippen LogP contribution in [-0.2, 0) is 14.2 Å². The van der Waals surface area contributed by atoms with Crippen molar-refractivity contribution in [1.82, 2.24) is 0 Å². The molecule has 0 aromatic rings. The zero-order valence-electron chi connectivity index (χ0n) is 6.62. The van der Waals surface area contributed by atoms with Gasteiger partial charge in [-0.05, 0) is 12.8 Å². The highest BCUT2D eigenvalue weighted by molar-refractivity contribution is 4.69. The molecule has 2 rings (SSSR count). The lowest BCUT2D eigenvalue weighted by Gasteiger charge is -2.08. The molecule has 64 valence electrons. The molecule has 0 unspecified atom stereocenters. The van der Waals surface area contributed by atoms with Crippen LogP contribution in [0.5, 0.6) is 0 Å². The summed E-state index contributed by atoms with van der Waals surface area (Å²) >= 11 is 0. The molecule has 0 N–H and O–H groups in total. The molecule has 2 atom stereocenters. The molecule has 3 nitrogen and oxygen atoms in total. The third kappa shape index (κ3) is 2.43. The first-order valence-corrected chi connectivity index (χ1v) is 4.26. The molecule has 2 saturated heterocycles. The summed E-state index contributed by atoms with van der Waals surface area (Å²) in [6, 6.07) is 0. The molecule has 3 heteroatoms. The second-order valence-corrected chi connectivity index (χ2v) is 3.13. The highest BCUT2D eigenvalue weighted by Gasteiger charge is 2.23. The molecule has 0 aromatic carbocycles. The van der Waals surface area contributed by atoms with E-state index < -0.39 is 0 Å². The molecule has 0 bridgehead atoms. The first-order chi connectivity index (χ1) is 5.45. The van der Waals surface area contributed by atoms with Gasteiger partial charge in [-0.2, -0.15) is 0 Å². The van der Waals surface area contributed by atoms with Crippen LogP contribution < -0.4 is 0 Å². The van der Waals surface area contributed by atoms with Gasteiger partial charge in [0.2, 0.25) is 0 Å². The van der Waals surface area contributed by atoms with Crippen LogP contribution in [0.15, 0.2) is 0 Å². The van der Waals surface area contributed by atoms with Crippen LogP contribution in [0.2, 0.25) is 0 Å². The third-order valence-corrected chi connectivity index (χ3v) is 2.03. The Balaban J connectivity index is 1.51. The summed E-state index contributed by atoms with van der Waals surface area (Å²) in [7, 11) is 0. The van der Waals surface area contributed by atoms with Crippen molar-refractivity contribution in [3.05, 3.63) is 0 Å². The van der Waals surface area contributed by atoms with Crippen LogP contribution in [0.3, 0.4) is 0 Å². The molecule has 2 fully saturated rings. The minimum absolute atomic E-state index is 0.355. The summed E-state index contributed by atoms with van der Waals surface area (Å²) in [6.45, 7) is 3.29. The predicted molar refractivity (Wildman–Crippen MR) is 39.5 cm³/mol. The lowest BCUT2D eigenvalue weighted by Crippen LogP contribution is -2.16.